The largest absolute Gasteiger partial charge is 0.463 e. The summed E-state index contributed by atoms with van der Waals surface area (Å²) < 4.78 is 10.3. The van der Waals surface area contributed by atoms with Gasteiger partial charge in [0.2, 0.25) is 0 Å². The fourth-order valence-electron chi connectivity index (χ4n) is 1.41. The molecule has 0 radical (unpaired) electrons. The molecular formula is C12H23ClO3. The second-order valence-electron chi connectivity index (χ2n) is 3.72. The summed E-state index contributed by atoms with van der Waals surface area (Å²) in [5.41, 5.74) is 0. The molecule has 0 heterocycles. The molecule has 0 fully saturated rings. The highest BCUT2D eigenvalue weighted by Crippen LogP contribution is 2.14. The molecule has 0 aromatic rings. The Hall–Kier alpha value is -0.280. The molecule has 0 aliphatic rings. The molecule has 3 nitrogen and oxygen atoms in total. The van der Waals surface area contributed by atoms with E-state index in [9.17, 15) is 4.79 Å². The van der Waals surface area contributed by atoms with Crippen molar-refractivity contribution in [3.63, 3.8) is 0 Å². The van der Waals surface area contributed by atoms with E-state index in [1.165, 1.54) is 0 Å². The van der Waals surface area contributed by atoms with Crippen molar-refractivity contribution in [3.8, 4) is 0 Å². The molecule has 0 aliphatic carbocycles. The fourth-order valence-corrected chi connectivity index (χ4v) is 1.52. The molecule has 96 valence electrons. The van der Waals surface area contributed by atoms with E-state index in [4.69, 9.17) is 21.1 Å². The SMILES string of the molecule is CCCCC(CC)C(=O)OCCOCCCl. The minimum Gasteiger partial charge on any atom is -0.463 e. The maximum absolute atomic E-state index is 11.6. The summed E-state index contributed by atoms with van der Waals surface area (Å²) in [5, 5.41) is 0. The zero-order valence-electron chi connectivity index (χ0n) is 10.3. The van der Waals surface area contributed by atoms with Gasteiger partial charge in [0.15, 0.2) is 0 Å². The van der Waals surface area contributed by atoms with Crippen molar-refractivity contribution in [3.05, 3.63) is 0 Å². The summed E-state index contributed by atoms with van der Waals surface area (Å²) in [6, 6.07) is 0. The van der Waals surface area contributed by atoms with Crippen LogP contribution in [-0.2, 0) is 14.3 Å². The third-order valence-corrected chi connectivity index (χ3v) is 2.58. The Morgan fingerprint density at radius 3 is 2.56 bits per heavy atom. The number of alkyl halides is 1. The Morgan fingerprint density at radius 1 is 1.25 bits per heavy atom. The van der Waals surface area contributed by atoms with Gasteiger partial charge >= 0.3 is 5.97 Å². The molecule has 0 rings (SSSR count). The summed E-state index contributed by atoms with van der Waals surface area (Å²) in [5.74, 6) is 0.431. The van der Waals surface area contributed by atoms with Crippen molar-refractivity contribution in [2.75, 3.05) is 25.7 Å². The summed E-state index contributed by atoms with van der Waals surface area (Å²) in [7, 11) is 0. The molecule has 0 N–H and O–H groups in total. The molecule has 0 aliphatic heterocycles. The minimum atomic E-state index is -0.0922. The highest BCUT2D eigenvalue weighted by molar-refractivity contribution is 6.17. The van der Waals surface area contributed by atoms with Gasteiger partial charge in [-0.05, 0) is 12.8 Å². The second-order valence-corrected chi connectivity index (χ2v) is 4.09. The molecule has 0 spiro atoms. The van der Waals surface area contributed by atoms with Gasteiger partial charge in [-0.15, -0.1) is 11.6 Å². The van der Waals surface area contributed by atoms with Crippen LogP contribution in [0.15, 0.2) is 0 Å². The minimum absolute atomic E-state index is 0.0491. The van der Waals surface area contributed by atoms with Crippen LogP contribution in [0, 0.1) is 5.92 Å². The number of ether oxygens (including phenoxy) is 2. The zero-order valence-corrected chi connectivity index (χ0v) is 11.1. The zero-order chi connectivity index (χ0) is 12.2. The second kappa shape index (κ2) is 11.2. The van der Waals surface area contributed by atoms with E-state index in [-0.39, 0.29) is 11.9 Å². The molecule has 0 amide bonds. The molecular weight excluding hydrogens is 228 g/mol. The fraction of sp³-hybridized carbons (Fsp3) is 0.917. The van der Waals surface area contributed by atoms with Gasteiger partial charge < -0.3 is 9.47 Å². The Bertz CT molecular complexity index is 174. The van der Waals surface area contributed by atoms with Gasteiger partial charge in [-0.25, -0.2) is 0 Å². The first kappa shape index (κ1) is 15.7. The van der Waals surface area contributed by atoms with Crippen molar-refractivity contribution in [2.45, 2.75) is 39.5 Å². The Morgan fingerprint density at radius 2 is 2.00 bits per heavy atom. The standard InChI is InChI=1S/C12H23ClO3/c1-3-5-6-11(4-2)12(14)16-10-9-15-8-7-13/h11H,3-10H2,1-2H3. The number of rotatable bonds is 10. The average Bonchev–Trinajstić information content (AvgIpc) is 2.30. The van der Waals surface area contributed by atoms with E-state index in [0.717, 1.165) is 25.7 Å². The van der Waals surface area contributed by atoms with Gasteiger partial charge in [-0.1, -0.05) is 26.7 Å². The van der Waals surface area contributed by atoms with E-state index in [2.05, 4.69) is 6.92 Å². The van der Waals surface area contributed by atoms with Gasteiger partial charge in [-0.3, -0.25) is 4.79 Å². The highest BCUT2D eigenvalue weighted by Gasteiger charge is 2.16. The number of carbonyl (C=O) groups excluding carboxylic acids is 1. The monoisotopic (exact) mass is 250 g/mol. The molecule has 0 aromatic carbocycles. The van der Waals surface area contributed by atoms with E-state index < -0.39 is 0 Å². The number of hydrogen-bond acceptors (Lipinski definition) is 3. The normalized spacial score (nSPS) is 12.4. The number of halogens is 1. The first-order valence-corrected chi connectivity index (χ1v) is 6.60. The first-order valence-electron chi connectivity index (χ1n) is 6.06. The van der Waals surface area contributed by atoms with Crippen molar-refractivity contribution in [2.24, 2.45) is 5.92 Å². The quantitative estimate of drug-likeness (QED) is 0.340. The van der Waals surface area contributed by atoms with Gasteiger partial charge in [0.05, 0.1) is 19.1 Å². The Labute approximate surface area is 103 Å². The van der Waals surface area contributed by atoms with Crippen LogP contribution in [0.3, 0.4) is 0 Å². The van der Waals surface area contributed by atoms with Crippen LogP contribution in [0.2, 0.25) is 0 Å². The maximum atomic E-state index is 11.6. The smallest absolute Gasteiger partial charge is 0.308 e. The van der Waals surface area contributed by atoms with Crippen LogP contribution in [0.25, 0.3) is 0 Å². The van der Waals surface area contributed by atoms with Crippen LogP contribution >= 0.6 is 11.6 Å². The van der Waals surface area contributed by atoms with Crippen LogP contribution in [0.4, 0.5) is 0 Å². The molecule has 0 saturated heterocycles. The number of esters is 1. The maximum Gasteiger partial charge on any atom is 0.308 e. The van der Waals surface area contributed by atoms with Gasteiger partial charge in [0.1, 0.15) is 6.61 Å². The third kappa shape index (κ3) is 7.94. The summed E-state index contributed by atoms with van der Waals surface area (Å²) in [4.78, 5) is 11.6. The molecule has 0 aromatic heterocycles. The van der Waals surface area contributed by atoms with E-state index in [1.807, 2.05) is 6.92 Å². The summed E-state index contributed by atoms with van der Waals surface area (Å²) >= 11 is 5.44. The number of carbonyl (C=O) groups is 1. The Kier molecular flexibility index (Phi) is 11.0. The number of hydrogen-bond donors (Lipinski definition) is 0. The first-order chi connectivity index (χ1) is 7.76. The van der Waals surface area contributed by atoms with Crippen LogP contribution in [0.5, 0.6) is 0 Å². The molecule has 0 saturated carbocycles. The summed E-state index contributed by atoms with van der Waals surface area (Å²) in [6.45, 7) is 5.41. The highest BCUT2D eigenvalue weighted by atomic mass is 35.5. The van der Waals surface area contributed by atoms with E-state index in [1.54, 1.807) is 0 Å². The van der Waals surface area contributed by atoms with Crippen molar-refractivity contribution in [1.29, 1.82) is 0 Å². The molecule has 1 atom stereocenters. The van der Waals surface area contributed by atoms with Crippen LogP contribution in [-0.4, -0.2) is 31.7 Å². The van der Waals surface area contributed by atoms with Crippen LogP contribution in [0.1, 0.15) is 39.5 Å². The van der Waals surface area contributed by atoms with Gasteiger partial charge in [-0.2, -0.15) is 0 Å². The lowest BCUT2D eigenvalue weighted by molar-refractivity contribution is -0.150. The van der Waals surface area contributed by atoms with Crippen molar-refractivity contribution >= 4 is 17.6 Å². The van der Waals surface area contributed by atoms with Crippen molar-refractivity contribution in [1.82, 2.24) is 0 Å². The molecule has 1 unspecified atom stereocenters. The lowest BCUT2D eigenvalue weighted by Crippen LogP contribution is -2.19. The molecule has 4 heteroatoms. The molecule has 16 heavy (non-hydrogen) atoms. The van der Waals surface area contributed by atoms with E-state index in [0.29, 0.717) is 25.7 Å². The van der Waals surface area contributed by atoms with Gasteiger partial charge in [0, 0.05) is 5.88 Å². The van der Waals surface area contributed by atoms with Gasteiger partial charge in [0.25, 0.3) is 0 Å². The lowest BCUT2D eigenvalue weighted by atomic mass is 10.00. The van der Waals surface area contributed by atoms with Crippen LogP contribution < -0.4 is 0 Å². The Balaban J connectivity index is 3.58. The predicted octanol–water partition coefficient (Wildman–Crippen LogP) is 3.00. The molecule has 0 bridgehead atoms. The van der Waals surface area contributed by atoms with E-state index >= 15 is 0 Å². The predicted molar refractivity (Wildman–Crippen MR) is 65.8 cm³/mol. The topological polar surface area (TPSA) is 35.5 Å². The van der Waals surface area contributed by atoms with Crippen molar-refractivity contribution < 1.29 is 14.3 Å². The number of unbranched alkanes of at least 4 members (excludes halogenated alkanes) is 1. The average molecular weight is 251 g/mol. The third-order valence-electron chi connectivity index (χ3n) is 2.43. The lowest BCUT2D eigenvalue weighted by Gasteiger charge is -2.13. The summed E-state index contributed by atoms with van der Waals surface area (Å²) in [6.07, 6.45) is 3.97.